The van der Waals surface area contributed by atoms with Gasteiger partial charge in [-0.3, -0.25) is 14.9 Å². The molecule has 0 aliphatic rings. The lowest BCUT2D eigenvalue weighted by Gasteiger charge is -2.14. The summed E-state index contributed by atoms with van der Waals surface area (Å²) in [6.07, 6.45) is 0.526. The van der Waals surface area contributed by atoms with Gasteiger partial charge in [0.15, 0.2) is 0 Å². The molecule has 2 aromatic rings. The molecule has 27 heavy (non-hydrogen) atoms. The molecular weight excluding hydrogens is 352 g/mol. The molecule has 0 saturated carbocycles. The van der Waals surface area contributed by atoms with Gasteiger partial charge in [-0.05, 0) is 36.2 Å². The third kappa shape index (κ3) is 5.04. The summed E-state index contributed by atoms with van der Waals surface area (Å²) in [4.78, 5) is 34.1. The monoisotopic (exact) mass is 372 g/mol. The van der Waals surface area contributed by atoms with Crippen molar-refractivity contribution in [2.45, 2.75) is 25.8 Å². The van der Waals surface area contributed by atoms with E-state index in [9.17, 15) is 19.7 Å². The van der Waals surface area contributed by atoms with Crippen LogP contribution in [0.5, 0.6) is 5.75 Å². The molecule has 0 aliphatic carbocycles. The van der Waals surface area contributed by atoms with Crippen LogP contribution in [0, 0.1) is 10.1 Å². The molecule has 142 valence electrons. The number of nitrogens with zero attached hydrogens (tertiary/aromatic N) is 1. The van der Waals surface area contributed by atoms with Crippen LogP contribution in [-0.4, -0.2) is 29.0 Å². The molecule has 8 heteroatoms. The molecule has 0 aromatic heterocycles. The first-order chi connectivity index (χ1) is 12.8. The molecule has 8 nitrogen and oxygen atoms in total. The number of carboxylic acid groups (broad SMARTS) is 1. The predicted molar refractivity (Wildman–Crippen MR) is 98.8 cm³/mol. The summed E-state index contributed by atoms with van der Waals surface area (Å²) in [5, 5.41) is 22.8. The lowest BCUT2D eigenvalue weighted by Crippen LogP contribution is -2.17. The van der Waals surface area contributed by atoms with Crippen molar-refractivity contribution in [3.63, 3.8) is 0 Å². The minimum atomic E-state index is -1.18. The fourth-order valence-electron chi connectivity index (χ4n) is 2.65. The standard InChI is InChI=1S/C19H20N2O6/c1-12(21(25)26)15-9-7-14(19(23)24)11-16(15)20-18(22)10-8-13-5-3-4-6-17(13)27-2/h3-7,9,11-12H,8,10H2,1-2H3,(H,20,22)(H,23,24). The van der Waals surface area contributed by atoms with Crippen molar-refractivity contribution in [2.75, 3.05) is 12.4 Å². The molecule has 0 bridgehead atoms. The van der Waals surface area contributed by atoms with Crippen molar-refractivity contribution in [3.8, 4) is 5.75 Å². The number of rotatable bonds is 8. The van der Waals surface area contributed by atoms with Gasteiger partial charge in [-0.2, -0.15) is 0 Å². The molecule has 1 unspecified atom stereocenters. The van der Waals surface area contributed by atoms with E-state index in [-0.39, 0.29) is 29.1 Å². The van der Waals surface area contributed by atoms with Gasteiger partial charge in [0.05, 0.1) is 18.4 Å². The van der Waals surface area contributed by atoms with Gasteiger partial charge in [0.25, 0.3) is 0 Å². The molecule has 0 saturated heterocycles. The molecule has 1 atom stereocenters. The number of ether oxygens (including phenoxy) is 1. The molecule has 1 amide bonds. The summed E-state index contributed by atoms with van der Waals surface area (Å²) < 4.78 is 5.24. The van der Waals surface area contributed by atoms with Gasteiger partial charge >= 0.3 is 5.97 Å². The molecular formula is C19H20N2O6. The quantitative estimate of drug-likeness (QED) is 0.542. The Hall–Kier alpha value is -3.42. The van der Waals surface area contributed by atoms with Crippen LogP contribution in [0.25, 0.3) is 0 Å². The first-order valence-electron chi connectivity index (χ1n) is 8.26. The zero-order valence-electron chi connectivity index (χ0n) is 15.0. The number of methoxy groups -OCH3 is 1. The zero-order valence-corrected chi connectivity index (χ0v) is 15.0. The number of carboxylic acids is 1. The fourth-order valence-corrected chi connectivity index (χ4v) is 2.65. The lowest BCUT2D eigenvalue weighted by atomic mass is 10.0. The second kappa shape index (κ2) is 8.79. The molecule has 0 radical (unpaired) electrons. The van der Waals surface area contributed by atoms with Crippen molar-refractivity contribution in [1.82, 2.24) is 0 Å². The third-order valence-corrected chi connectivity index (χ3v) is 4.15. The number of carbonyl (C=O) groups is 2. The number of hydrogen-bond donors (Lipinski definition) is 2. The summed E-state index contributed by atoms with van der Waals surface area (Å²) in [6, 6.07) is 10.1. The Kier molecular flexibility index (Phi) is 6.48. The van der Waals surface area contributed by atoms with Crippen LogP contribution in [0.1, 0.15) is 40.9 Å². The Balaban J connectivity index is 2.18. The van der Waals surface area contributed by atoms with Crippen molar-refractivity contribution in [3.05, 3.63) is 69.3 Å². The van der Waals surface area contributed by atoms with Crippen molar-refractivity contribution in [2.24, 2.45) is 0 Å². The van der Waals surface area contributed by atoms with Crippen molar-refractivity contribution >= 4 is 17.6 Å². The highest BCUT2D eigenvalue weighted by atomic mass is 16.6. The molecule has 0 spiro atoms. The van der Waals surface area contributed by atoms with Gasteiger partial charge in [-0.15, -0.1) is 0 Å². The number of para-hydroxylation sites is 1. The maximum Gasteiger partial charge on any atom is 0.335 e. The second-order valence-corrected chi connectivity index (χ2v) is 5.93. The van der Waals surface area contributed by atoms with Gasteiger partial charge in [0.2, 0.25) is 11.9 Å². The minimum absolute atomic E-state index is 0.0608. The van der Waals surface area contributed by atoms with E-state index in [2.05, 4.69) is 5.32 Å². The van der Waals surface area contributed by atoms with Crippen molar-refractivity contribution in [1.29, 1.82) is 0 Å². The number of aromatic carboxylic acids is 1. The highest BCUT2D eigenvalue weighted by molar-refractivity contribution is 5.95. The largest absolute Gasteiger partial charge is 0.496 e. The Morgan fingerprint density at radius 1 is 1.26 bits per heavy atom. The Labute approximate surface area is 155 Å². The Morgan fingerprint density at radius 3 is 2.59 bits per heavy atom. The minimum Gasteiger partial charge on any atom is -0.496 e. The molecule has 0 aliphatic heterocycles. The van der Waals surface area contributed by atoms with E-state index >= 15 is 0 Å². The van der Waals surface area contributed by atoms with Crippen LogP contribution in [0.2, 0.25) is 0 Å². The van der Waals surface area contributed by atoms with Gasteiger partial charge in [0.1, 0.15) is 5.75 Å². The highest BCUT2D eigenvalue weighted by Gasteiger charge is 2.22. The normalized spacial score (nSPS) is 11.5. The Bertz CT molecular complexity index is 865. The third-order valence-electron chi connectivity index (χ3n) is 4.15. The molecule has 0 fully saturated rings. The summed E-state index contributed by atoms with van der Waals surface area (Å²) in [7, 11) is 1.54. The van der Waals surface area contributed by atoms with E-state index in [1.807, 2.05) is 18.2 Å². The predicted octanol–water partition coefficient (Wildman–Crippen LogP) is 3.30. The number of carbonyl (C=O) groups excluding carboxylic acids is 1. The number of hydrogen-bond acceptors (Lipinski definition) is 5. The average molecular weight is 372 g/mol. The van der Waals surface area contributed by atoms with Crippen LogP contribution >= 0.6 is 0 Å². The van der Waals surface area contributed by atoms with Crippen LogP contribution in [0.3, 0.4) is 0 Å². The number of nitro groups is 1. The summed E-state index contributed by atoms with van der Waals surface area (Å²) in [5.41, 5.74) is 1.17. The van der Waals surface area contributed by atoms with E-state index in [0.29, 0.717) is 12.2 Å². The van der Waals surface area contributed by atoms with E-state index in [0.717, 1.165) is 5.56 Å². The number of benzene rings is 2. The average Bonchev–Trinajstić information content (AvgIpc) is 2.65. The lowest BCUT2D eigenvalue weighted by molar-refractivity contribution is -0.524. The Morgan fingerprint density at radius 2 is 1.96 bits per heavy atom. The smallest absolute Gasteiger partial charge is 0.335 e. The van der Waals surface area contributed by atoms with Gasteiger partial charge in [0, 0.05) is 23.8 Å². The highest BCUT2D eigenvalue weighted by Crippen LogP contribution is 2.27. The summed E-state index contributed by atoms with van der Waals surface area (Å²) in [5.74, 6) is -0.888. The molecule has 2 rings (SSSR count). The van der Waals surface area contributed by atoms with Crippen LogP contribution < -0.4 is 10.1 Å². The first-order valence-corrected chi connectivity index (χ1v) is 8.26. The topological polar surface area (TPSA) is 119 Å². The zero-order chi connectivity index (χ0) is 20.0. The molecule has 2 N–H and O–H groups in total. The number of anilines is 1. The van der Waals surface area contributed by atoms with Crippen LogP contribution in [-0.2, 0) is 11.2 Å². The van der Waals surface area contributed by atoms with Crippen LogP contribution in [0.15, 0.2) is 42.5 Å². The van der Waals surface area contributed by atoms with Crippen LogP contribution in [0.4, 0.5) is 5.69 Å². The fraction of sp³-hybridized carbons (Fsp3) is 0.263. The van der Waals surface area contributed by atoms with E-state index in [1.54, 1.807) is 13.2 Å². The van der Waals surface area contributed by atoms with Crippen molar-refractivity contribution < 1.29 is 24.4 Å². The van der Waals surface area contributed by atoms with Gasteiger partial charge < -0.3 is 15.2 Å². The number of nitrogens with one attached hydrogen (secondary N) is 1. The molecule has 2 aromatic carbocycles. The van der Waals surface area contributed by atoms with E-state index in [1.165, 1.54) is 25.1 Å². The summed E-state index contributed by atoms with van der Waals surface area (Å²) >= 11 is 0. The summed E-state index contributed by atoms with van der Waals surface area (Å²) in [6.45, 7) is 1.38. The van der Waals surface area contributed by atoms with E-state index in [4.69, 9.17) is 9.84 Å². The first kappa shape index (κ1) is 19.9. The number of amides is 1. The maximum atomic E-state index is 12.3. The number of aryl methyl sites for hydroxylation is 1. The van der Waals surface area contributed by atoms with E-state index < -0.39 is 16.9 Å². The van der Waals surface area contributed by atoms with Gasteiger partial charge in [-0.1, -0.05) is 18.2 Å². The second-order valence-electron chi connectivity index (χ2n) is 5.93. The van der Waals surface area contributed by atoms with Gasteiger partial charge in [-0.25, -0.2) is 4.79 Å². The molecule has 0 heterocycles. The SMILES string of the molecule is COc1ccccc1CCC(=O)Nc1cc(C(=O)O)ccc1C(C)[N+](=O)[O-]. The maximum absolute atomic E-state index is 12.3.